The molecule has 0 amide bonds. The van der Waals surface area contributed by atoms with Crippen LogP contribution in [0.4, 0.5) is 5.69 Å². The van der Waals surface area contributed by atoms with Gasteiger partial charge in [0.05, 0.1) is 19.4 Å². The van der Waals surface area contributed by atoms with Crippen molar-refractivity contribution in [2.75, 3.05) is 19.5 Å². The highest BCUT2D eigenvalue weighted by atomic mass is 16.5. The van der Waals surface area contributed by atoms with Gasteiger partial charge in [-0.05, 0) is 43.2 Å². The molecule has 5 nitrogen and oxygen atoms in total. The van der Waals surface area contributed by atoms with Gasteiger partial charge in [0.15, 0.2) is 0 Å². The average Bonchev–Trinajstić information content (AvgIpc) is 2.56. The molecule has 0 bridgehead atoms. The van der Waals surface area contributed by atoms with Gasteiger partial charge in [0.25, 0.3) is 0 Å². The molecule has 0 saturated carbocycles. The van der Waals surface area contributed by atoms with Crippen molar-refractivity contribution < 1.29 is 19.0 Å². The van der Waals surface area contributed by atoms with Gasteiger partial charge in [-0.25, -0.2) is 0 Å². The predicted molar refractivity (Wildman–Crippen MR) is 88.9 cm³/mol. The van der Waals surface area contributed by atoms with Crippen molar-refractivity contribution >= 4 is 11.7 Å². The number of hydrogen-bond donors (Lipinski definition) is 1. The number of ether oxygens (including phenoxy) is 3. The number of methoxy groups -OCH3 is 1. The van der Waals surface area contributed by atoms with E-state index in [1.165, 1.54) is 0 Å². The number of esters is 1. The van der Waals surface area contributed by atoms with Gasteiger partial charge in [-0.3, -0.25) is 4.79 Å². The first-order valence-electron chi connectivity index (χ1n) is 7.48. The van der Waals surface area contributed by atoms with Gasteiger partial charge in [0.1, 0.15) is 17.2 Å². The fourth-order valence-corrected chi connectivity index (χ4v) is 2.12. The fraction of sp³-hybridized carbons (Fsp3) is 0.278. The maximum Gasteiger partial charge on any atom is 0.306 e. The van der Waals surface area contributed by atoms with E-state index >= 15 is 0 Å². The zero-order valence-electron chi connectivity index (χ0n) is 13.4. The van der Waals surface area contributed by atoms with E-state index in [1.807, 2.05) is 30.3 Å². The molecule has 0 aliphatic heterocycles. The fourth-order valence-electron chi connectivity index (χ4n) is 2.12. The van der Waals surface area contributed by atoms with Crippen LogP contribution in [0, 0.1) is 0 Å². The van der Waals surface area contributed by atoms with Crippen molar-refractivity contribution in [3.8, 4) is 17.2 Å². The van der Waals surface area contributed by atoms with Crippen LogP contribution < -0.4 is 15.2 Å². The lowest BCUT2D eigenvalue weighted by atomic mass is 10.1. The molecule has 0 aromatic heterocycles. The molecule has 0 fully saturated rings. The molecule has 0 heterocycles. The van der Waals surface area contributed by atoms with Gasteiger partial charge < -0.3 is 19.9 Å². The Morgan fingerprint density at radius 2 is 1.91 bits per heavy atom. The maximum absolute atomic E-state index is 11.4. The Labute approximate surface area is 136 Å². The van der Waals surface area contributed by atoms with Crippen LogP contribution in [-0.2, 0) is 16.0 Å². The third-order valence-corrected chi connectivity index (χ3v) is 3.27. The number of carbonyl (C=O) groups is 1. The minimum absolute atomic E-state index is 0.206. The van der Waals surface area contributed by atoms with Gasteiger partial charge >= 0.3 is 5.97 Å². The van der Waals surface area contributed by atoms with Gasteiger partial charge in [-0.2, -0.15) is 0 Å². The molecule has 23 heavy (non-hydrogen) atoms. The van der Waals surface area contributed by atoms with E-state index in [2.05, 4.69) is 0 Å². The summed E-state index contributed by atoms with van der Waals surface area (Å²) in [5.74, 6) is 1.73. The summed E-state index contributed by atoms with van der Waals surface area (Å²) in [7, 11) is 1.60. The van der Waals surface area contributed by atoms with Crippen molar-refractivity contribution in [3.05, 3.63) is 48.0 Å². The normalized spacial score (nSPS) is 10.2. The smallest absolute Gasteiger partial charge is 0.306 e. The second kappa shape index (κ2) is 8.08. The van der Waals surface area contributed by atoms with E-state index in [4.69, 9.17) is 19.9 Å². The van der Waals surface area contributed by atoms with Crippen molar-refractivity contribution in [3.63, 3.8) is 0 Å². The van der Waals surface area contributed by atoms with Gasteiger partial charge in [-0.1, -0.05) is 12.1 Å². The zero-order chi connectivity index (χ0) is 16.7. The number of rotatable bonds is 7. The van der Waals surface area contributed by atoms with Crippen LogP contribution in [0.1, 0.15) is 18.9 Å². The second-order valence-corrected chi connectivity index (χ2v) is 4.96. The summed E-state index contributed by atoms with van der Waals surface area (Å²) >= 11 is 0. The highest BCUT2D eigenvalue weighted by Gasteiger charge is 2.07. The summed E-state index contributed by atoms with van der Waals surface area (Å²) in [5, 5.41) is 0. The number of nitrogens with two attached hydrogens (primary N) is 1. The van der Waals surface area contributed by atoms with Gasteiger partial charge in [0.2, 0.25) is 0 Å². The molecule has 2 aromatic rings. The number of carbonyl (C=O) groups excluding carboxylic acids is 1. The molecule has 0 aliphatic carbocycles. The summed E-state index contributed by atoms with van der Waals surface area (Å²) in [4.78, 5) is 11.4. The zero-order valence-corrected chi connectivity index (χ0v) is 13.4. The summed E-state index contributed by atoms with van der Waals surface area (Å²) < 4.78 is 15.8. The minimum Gasteiger partial charge on any atom is -0.497 e. The summed E-state index contributed by atoms with van der Waals surface area (Å²) in [6, 6.07) is 12.8. The van der Waals surface area contributed by atoms with E-state index in [9.17, 15) is 4.79 Å². The predicted octanol–water partition coefficient (Wildman–Crippen LogP) is 3.57. The van der Waals surface area contributed by atoms with Crippen molar-refractivity contribution in [2.45, 2.75) is 19.8 Å². The third-order valence-electron chi connectivity index (χ3n) is 3.27. The lowest BCUT2D eigenvalue weighted by Crippen LogP contribution is -2.05. The summed E-state index contributed by atoms with van der Waals surface area (Å²) in [6.45, 7) is 2.19. The van der Waals surface area contributed by atoms with Crippen molar-refractivity contribution in [1.29, 1.82) is 0 Å². The Hall–Kier alpha value is -2.69. The number of benzene rings is 2. The lowest BCUT2D eigenvalue weighted by Gasteiger charge is -2.11. The number of aryl methyl sites for hydroxylation is 1. The standard InChI is InChI=1S/C18H21NO4/c1-3-22-18(20)10-8-13-7-9-17(16(19)11-13)23-15-6-4-5-14(12-15)21-2/h4-7,9,11-12H,3,8,10,19H2,1-2H3. The number of hydrogen-bond acceptors (Lipinski definition) is 5. The molecule has 0 saturated heterocycles. The SMILES string of the molecule is CCOC(=O)CCc1ccc(Oc2cccc(OC)c2)c(N)c1. The molecule has 122 valence electrons. The topological polar surface area (TPSA) is 70.8 Å². The van der Waals surface area contributed by atoms with Crippen molar-refractivity contribution in [1.82, 2.24) is 0 Å². The number of anilines is 1. The summed E-state index contributed by atoms with van der Waals surface area (Å²) in [6.07, 6.45) is 0.922. The molecule has 5 heteroatoms. The van der Waals surface area contributed by atoms with Crippen LogP contribution in [0.5, 0.6) is 17.2 Å². The highest BCUT2D eigenvalue weighted by molar-refractivity contribution is 5.69. The first kappa shape index (κ1) is 16.7. The largest absolute Gasteiger partial charge is 0.497 e. The molecule has 0 atom stereocenters. The average molecular weight is 315 g/mol. The summed E-state index contributed by atoms with van der Waals surface area (Å²) in [5.41, 5.74) is 7.52. The Kier molecular flexibility index (Phi) is 5.86. The Morgan fingerprint density at radius 3 is 2.61 bits per heavy atom. The first-order chi connectivity index (χ1) is 11.1. The van der Waals surface area contributed by atoms with Crippen LogP contribution in [0.25, 0.3) is 0 Å². The lowest BCUT2D eigenvalue weighted by molar-refractivity contribution is -0.143. The minimum atomic E-state index is -0.206. The van der Waals surface area contributed by atoms with E-state index in [0.717, 1.165) is 5.56 Å². The molecular weight excluding hydrogens is 294 g/mol. The molecule has 0 aliphatic rings. The maximum atomic E-state index is 11.4. The van der Waals surface area contributed by atoms with Crippen LogP contribution in [0.3, 0.4) is 0 Å². The Balaban J connectivity index is 2.02. The van der Waals surface area contributed by atoms with E-state index in [-0.39, 0.29) is 5.97 Å². The first-order valence-corrected chi connectivity index (χ1v) is 7.48. The number of nitrogen functional groups attached to an aromatic ring is 1. The molecule has 2 aromatic carbocycles. The third kappa shape index (κ3) is 4.92. The highest BCUT2D eigenvalue weighted by Crippen LogP contribution is 2.30. The molecule has 0 radical (unpaired) electrons. The Morgan fingerprint density at radius 1 is 1.13 bits per heavy atom. The molecular formula is C18H21NO4. The van der Waals surface area contributed by atoms with E-state index in [1.54, 1.807) is 26.2 Å². The quantitative estimate of drug-likeness (QED) is 0.625. The van der Waals surface area contributed by atoms with Gasteiger partial charge in [0, 0.05) is 12.5 Å². The molecule has 2 N–H and O–H groups in total. The Bertz CT molecular complexity index is 670. The van der Waals surface area contributed by atoms with E-state index < -0.39 is 0 Å². The molecule has 2 rings (SSSR count). The van der Waals surface area contributed by atoms with Crippen LogP contribution >= 0.6 is 0 Å². The van der Waals surface area contributed by atoms with Crippen LogP contribution in [0.2, 0.25) is 0 Å². The van der Waals surface area contributed by atoms with Crippen LogP contribution in [0.15, 0.2) is 42.5 Å². The van der Waals surface area contributed by atoms with Crippen LogP contribution in [-0.4, -0.2) is 19.7 Å². The van der Waals surface area contributed by atoms with Gasteiger partial charge in [-0.15, -0.1) is 0 Å². The van der Waals surface area contributed by atoms with Crippen molar-refractivity contribution in [2.24, 2.45) is 0 Å². The second-order valence-electron chi connectivity index (χ2n) is 4.96. The molecule has 0 spiro atoms. The monoisotopic (exact) mass is 315 g/mol. The van der Waals surface area contributed by atoms with E-state index in [0.29, 0.717) is 42.4 Å². The molecule has 0 unspecified atom stereocenters.